The maximum Gasteiger partial charge on any atom is 0.313 e. The standard InChI is InChI=1S/C11H19NO2/c1-5-6-9-7-12(3)8-11(9,2)10(13)14-4/h5,9H,1,6-8H2,2-4H3. The van der Waals surface area contributed by atoms with Crippen molar-refractivity contribution in [1.82, 2.24) is 4.90 Å². The van der Waals surface area contributed by atoms with Gasteiger partial charge in [0.15, 0.2) is 0 Å². The highest BCUT2D eigenvalue weighted by molar-refractivity contribution is 5.77. The van der Waals surface area contributed by atoms with Crippen molar-refractivity contribution in [3.8, 4) is 0 Å². The minimum Gasteiger partial charge on any atom is -0.469 e. The number of esters is 1. The van der Waals surface area contributed by atoms with Crippen LogP contribution in [0.2, 0.25) is 0 Å². The Morgan fingerprint density at radius 3 is 2.93 bits per heavy atom. The summed E-state index contributed by atoms with van der Waals surface area (Å²) in [6, 6.07) is 0. The Hall–Kier alpha value is -0.830. The quantitative estimate of drug-likeness (QED) is 0.504. The number of carbonyl (C=O) groups is 1. The molecule has 0 saturated carbocycles. The van der Waals surface area contributed by atoms with Gasteiger partial charge < -0.3 is 9.64 Å². The van der Waals surface area contributed by atoms with Crippen LogP contribution in [0.4, 0.5) is 0 Å². The first kappa shape index (κ1) is 11.2. The Bertz CT molecular complexity index is 239. The Morgan fingerprint density at radius 1 is 1.79 bits per heavy atom. The molecule has 0 N–H and O–H groups in total. The SMILES string of the molecule is C=CCC1CN(C)CC1(C)C(=O)OC. The molecule has 1 aliphatic heterocycles. The van der Waals surface area contributed by atoms with Crippen LogP contribution in [0.25, 0.3) is 0 Å². The number of carbonyl (C=O) groups excluding carboxylic acids is 1. The molecule has 0 bridgehead atoms. The number of hydrogen-bond donors (Lipinski definition) is 0. The number of ether oxygens (including phenoxy) is 1. The van der Waals surface area contributed by atoms with Crippen LogP contribution in [0, 0.1) is 11.3 Å². The van der Waals surface area contributed by atoms with Crippen molar-refractivity contribution in [3.63, 3.8) is 0 Å². The number of allylic oxidation sites excluding steroid dienone is 1. The smallest absolute Gasteiger partial charge is 0.313 e. The summed E-state index contributed by atoms with van der Waals surface area (Å²) in [7, 11) is 3.49. The molecule has 14 heavy (non-hydrogen) atoms. The second-order valence-corrected chi connectivity index (χ2v) is 4.33. The summed E-state index contributed by atoms with van der Waals surface area (Å²) in [5.74, 6) is 0.228. The van der Waals surface area contributed by atoms with Gasteiger partial charge in [0.05, 0.1) is 12.5 Å². The molecular formula is C11H19NO2. The maximum absolute atomic E-state index is 11.7. The highest BCUT2D eigenvalue weighted by atomic mass is 16.5. The molecule has 0 spiro atoms. The molecule has 1 aliphatic rings. The number of nitrogens with zero attached hydrogens (tertiary/aromatic N) is 1. The molecule has 0 aromatic rings. The van der Waals surface area contributed by atoms with Crippen LogP contribution >= 0.6 is 0 Å². The predicted molar refractivity (Wildman–Crippen MR) is 55.9 cm³/mol. The zero-order valence-corrected chi connectivity index (χ0v) is 9.25. The van der Waals surface area contributed by atoms with Gasteiger partial charge in [0, 0.05) is 13.1 Å². The van der Waals surface area contributed by atoms with Gasteiger partial charge >= 0.3 is 5.97 Å². The Balaban J connectivity index is 2.82. The third-order valence-electron chi connectivity index (χ3n) is 3.13. The van der Waals surface area contributed by atoms with Crippen molar-refractivity contribution in [1.29, 1.82) is 0 Å². The van der Waals surface area contributed by atoms with Gasteiger partial charge in [0.2, 0.25) is 0 Å². The third-order valence-corrected chi connectivity index (χ3v) is 3.13. The minimum atomic E-state index is -0.363. The van der Waals surface area contributed by atoms with Gasteiger partial charge in [-0.15, -0.1) is 6.58 Å². The van der Waals surface area contributed by atoms with Gasteiger partial charge in [-0.1, -0.05) is 6.08 Å². The fraction of sp³-hybridized carbons (Fsp3) is 0.727. The van der Waals surface area contributed by atoms with E-state index in [0.717, 1.165) is 19.5 Å². The molecule has 80 valence electrons. The summed E-state index contributed by atoms with van der Waals surface area (Å²) in [4.78, 5) is 13.9. The van der Waals surface area contributed by atoms with Crippen molar-refractivity contribution in [2.45, 2.75) is 13.3 Å². The molecule has 0 aromatic carbocycles. The molecule has 0 amide bonds. The lowest BCUT2D eigenvalue weighted by Crippen LogP contribution is -2.36. The van der Waals surface area contributed by atoms with Crippen LogP contribution in [0.3, 0.4) is 0 Å². The van der Waals surface area contributed by atoms with E-state index in [4.69, 9.17) is 4.74 Å². The fourth-order valence-electron chi connectivity index (χ4n) is 2.33. The molecule has 1 saturated heterocycles. The predicted octanol–water partition coefficient (Wildman–Crippen LogP) is 1.30. The van der Waals surface area contributed by atoms with E-state index in [1.165, 1.54) is 7.11 Å². The zero-order chi connectivity index (χ0) is 10.8. The number of likely N-dealkylation sites (tertiary alicyclic amines) is 1. The average molecular weight is 197 g/mol. The van der Waals surface area contributed by atoms with Crippen LogP contribution in [0.15, 0.2) is 12.7 Å². The lowest BCUT2D eigenvalue weighted by atomic mass is 9.78. The molecule has 2 atom stereocenters. The summed E-state index contributed by atoms with van der Waals surface area (Å²) < 4.78 is 4.86. The van der Waals surface area contributed by atoms with Gasteiger partial charge in [-0.05, 0) is 26.3 Å². The first-order chi connectivity index (χ1) is 6.54. The lowest BCUT2D eigenvalue weighted by Gasteiger charge is -2.26. The van der Waals surface area contributed by atoms with Gasteiger partial charge in [-0.25, -0.2) is 0 Å². The molecule has 0 radical (unpaired) electrons. The maximum atomic E-state index is 11.7. The van der Waals surface area contributed by atoms with Crippen molar-refractivity contribution < 1.29 is 9.53 Å². The Labute approximate surface area is 85.7 Å². The van der Waals surface area contributed by atoms with Crippen molar-refractivity contribution in [2.75, 3.05) is 27.2 Å². The number of methoxy groups -OCH3 is 1. The van der Waals surface area contributed by atoms with E-state index >= 15 is 0 Å². The van der Waals surface area contributed by atoms with Crippen LogP contribution in [-0.4, -0.2) is 38.1 Å². The first-order valence-corrected chi connectivity index (χ1v) is 4.92. The summed E-state index contributed by atoms with van der Waals surface area (Å²) >= 11 is 0. The highest BCUT2D eigenvalue weighted by Gasteiger charge is 2.47. The van der Waals surface area contributed by atoms with Crippen molar-refractivity contribution in [2.24, 2.45) is 11.3 Å². The van der Waals surface area contributed by atoms with Gasteiger partial charge in [-0.3, -0.25) is 4.79 Å². The van der Waals surface area contributed by atoms with E-state index in [9.17, 15) is 4.79 Å². The van der Waals surface area contributed by atoms with E-state index in [2.05, 4.69) is 11.5 Å². The fourth-order valence-corrected chi connectivity index (χ4v) is 2.33. The van der Waals surface area contributed by atoms with Crippen LogP contribution < -0.4 is 0 Å². The van der Waals surface area contributed by atoms with E-state index < -0.39 is 0 Å². The molecule has 0 aliphatic carbocycles. The summed E-state index contributed by atoms with van der Waals surface area (Å²) in [5.41, 5.74) is -0.363. The van der Waals surface area contributed by atoms with Crippen LogP contribution in [0.5, 0.6) is 0 Å². The normalized spacial score (nSPS) is 32.9. The lowest BCUT2D eigenvalue weighted by molar-refractivity contribution is -0.153. The van der Waals surface area contributed by atoms with Crippen LogP contribution in [0.1, 0.15) is 13.3 Å². The minimum absolute atomic E-state index is 0.103. The molecule has 1 fully saturated rings. The van der Waals surface area contributed by atoms with E-state index in [1.54, 1.807) is 0 Å². The monoisotopic (exact) mass is 197 g/mol. The average Bonchev–Trinajstić information content (AvgIpc) is 2.42. The molecule has 0 aromatic heterocycles. The summed E-state index contributed by atoms with van der Waals surface area (Å²) in [5, 5.41) is 0. The number of hydrogen-bond acceptors (Lipinski definition) is 3. The van der Waals surface area contributed by atoms with Gasteiger partial charge in [0.1, 0.15) is 0 Å². The Kier molecular flexibility index (Phi) is 3.32. The molecule has 2 unspecified atom stereocenters. The van der Waals surface area contributed by atoms with E-state index in [1.807, 2.05) is 20.0 Å². The highest BCUT2D eigenvalue weighted by Crippen LogP contribution is 2.38. The molecule has 1 rings (SSSR count). The van der Waals surface area contributed by atoms with Crippen molar-refractivity contribution >= 4 is 5.97 Å². The topological polar surface area (TPSA) is 29.5 Å². The third kappa shape index (κ3) is 1.82. The second kappa shape index (κ2) is 4.13. The molecular weight excluding hydrogens is 178 g/mol. The van der Waals surface area contributed by atoms with Crippen molar-refractivity contribution in [3.05, 3.63) is 12.7 Å². The summed E-state index contributed by atoms with van der Waals surface area (Å²) in [6.07, 6.45) is 2.75. The molecule has 1 heterocycles. The number of rotatable bonds is 3. The molecule has 3 nitrogen and oxygen atoms in total. The van der Waals surface area contributed by atoms with Crippen LogP contribution in [-0.2, 0) is 9.53 Å². The second-order valence-electron chi connectivity index (χ2n) is 4.33. The van der Waals surface area contributed by atoms with Gasteiger partial charge in [0.25, 0.3) is 0 Å². The van der Waals surface area contributed by atoms with E-state index in [0.29, 0.717) is 5.92 Å². The summed E-state index contributed by atoms with van der Waals surface area (Å²) in [6.45, 7) is 7.43. The zero-order valence-electron chi connectivity index (χ0n) is 9.25. The largest absolute Gasteiger partial charge is 0.469 e. The first-order valence-electron chi connectivity index (χ1n) is 4.92. The molecule has 3 heteroatoms. The Morgan fingerprint density at radius 2 is 2.43 bits per heavy atom. The van der Waals surface area contributed by atoms with Gasteiger partial charge in [-0.2, -0.15) is 0 Å². The van der Waals surface area contributed by atoms with E-state index in [-0.39, 0.29) is 11.4 Å².